The van der Waals surface area contributed by atoms with Gasteiger partial charge in [0.05, 0.1) is 0 Å². The van der Waals surface area contributed by atoms with Gasteiger partial charge in [-0.15, -0.1) is 0 Å². The van der Waals surface area contributed by atoms with Crippen LogP contribution in [0, 0.1) is 6.92 Å². The molecule has 0 amide bonds. The van der Waals surface area contributed by atoms with Gasteiger partial charge >= 0.3 is 11.9 Å². The van der Waals surface area contributed by atoms with Gasteiger partial charge in [-0.25, -0.2) is 9.79 Å². The van der Waals surface area contributed by atoms with Crippen LogP contribution in [0.25, 0.3) is 6.08 Å². The number of rotatable bonds is 3. The van der Waals surface area contributed by atoms with Crippen LogP contribution in [0.15, 0.2) is 59.2 Å². The first-order valence-electron chi connectivity index (χ1n) is 7.39. The molecule has 0 aliphatic carbocycles. The number of ether oxygens (including phenoxy) is 2. The highest BCUT2D eigenvalue weighted by Gasteiger charge is 2.24. The van der Waals surface area contributed by atoms with Crippen LogP contribution in [-0.4, -0.2) is 17.8 Å². The number of cyclic esters (lactones) is 1. The first kappa shape index (κ1) is 15.7. The Hall–Kier alpha value is -3.21. The molecule has 5 heteroatoms. The van der Waals surface area contributed by atoms with Crippen molar-refractivity contribution < 1.29 is 19.1 Å². The number of nitrogens with zero attached hydrogens (tertiary/aromatic N) is 1. The van der Waals surface area contributed by atoms with E-state index in [1.165, 1.54) is 6.92 Å². The van der Waals surface area contributed by atoms with Crippen LogP contribution in [0.1, 0.15) is 23.6 Å². The lowest BCUT2D eigenvalue weighted by atomic mass is 10.1. The Morgan fingerprint density at radius 1 is 1.08 bits per heavy atom. The molecule has 0 N–H and O–H groups in total. The topological polar surface area (TPSA) is 65.0 Å². The molecule has 120 valence electrons. The van der Waals surface area contributed by atoms with Gasteiger partial charge in [-0.05, 0) is 42.8 Å². The van der Waals surface area contributed by atoms with Gasteiger partial charge in [-0.2, -0.15) is 0 Å². The van der Waals surface area contributed by atoms with Crippen molar-refractivity contribution in [2.45, 2.75) is 13.8 Å². The molecule has 0 unspecified atom stereocenters. The Bertz CT molecular complexity index is 846. The Kier molecular flexibility index (Phi) is 4.24. The average Bonchev–Trinajstić information content (AvgIpc) is 2.91. The number of benzene rings is 2. The summed E-state index contributed by atoms with van der Waals surface area (Å²) < 4.78 is 10.2. The summed E-state index contributed by atoms with van der Waals surface area (Å²) in [5, 5.41) is 0. The van der Waals surface area contributed by atoms with Crippen molar-refractivity contribution in [3.8, 4) is 5.75 Å². The molecule has 5 nitrogen and oxygen atoms in total. The van der Waals surface area contributed by atoms with Gasteiger partial charge in [0.1, 0.15) is 5.75 Å². The molecule has 24 heavy (non-hydrogen) atoms. The van der Waals surface area contributed by atoms with E-state index in [4.69, 9.17) is 9.47 Å². The van der Waals surface area contributed by atoms with Crippen molar-refractivity contribution in [3.63, 3.8) is 0 Å². The zero-order valence-electron chi connectivity index (χ0n) is 13.3. The molecule has 0 saturated heterocycles. The van der Waals surface area contributed by atoms with E-state index in [1.54, 1.807) is 30.3 Å². The molecule has 3 rings (SSSR count). The summed E-state index contributed by atoms with van der Waals surface area (Å²) in [5.41, 5.74) is 2.90. The van der Waals surface area contributed by atoms with Gasteiger partial charge in [-0.1, -0.05) is 29.8 Å². The first-order chi connectivity index (χ1) is 11.5. The first-order valence-corrected chi connectivity index (χ1v) is 7.39. The van der Waals surface area contributed by atoms with Crippen molar-refractivity contribution >= 4 is 23.9 Å². The van der Waals surface area contributed by atoms with E-state index in [0.29, 0.717) is 11.3 Å². The van der Waals surface area contributed by atoms with Gasteiger partial charge in [0.15, 0.2) is 5.70 Å². The molecule has 1 heterocycles. The number of carbonyl (C=O) groups excluding carboxylic acids is 2. The molecule has 0 atom stereocenters. The third-order valence-corrected chi connectivity index (χ3v) is 3.36. The molecular weight excluding hydrogens is 306 g/mol. The second-order valence-electron chi connectivity index (χ2n) is 5.36. The number of aryl methyl sites for hydroxylation is 1. The molecule has 0 saturated carbocycles. The molecule has 0 aromatic heterocycles. The second kappa shape index (κ2) is 6.50. The summed E-state index contributed by atoms with van der Waals surface area (Å²) in [7, 11) is 0. The third-order valence-electron chi connectivity index (χ3n) is 3.36. The number of esters is 2. The minimum Gasteiger partial charge on any atom is -0.427 e. The fourth-order valence-corrected chi connectivity index (χ4v) is 2.18. The highest BCUT2D eigenvalue weighted by Crippen LogP contribution is 2.21. The van der Waals surface area contributed by atoms with E-state index < -0.39 is 11.9 Å². The number of carbonyl (C=O) groups is 2. The van der Waals surface area contributed by atoms with Crippen molar-refractivity contribution in [2.24, 2.45) is 4.99 Å². The minimum absolute atomic E-state index is 0.229. The number of hydrogen-bond acceptors (Lipinski definition) is 5. The Labute approximate surface area is 139 Å². The van der Waals surface area contributed by atoms with Crippen LogP contribution in [0.5, 0.6) is 5.75 Å². The van der Waals surface area contributed by atoms with Gasteiger partial charge in [0.2, 0.25) is 5.90 Å². The van der Waals surface area contributed by atoms with Crippen LogP contribution in [0.4, 0.5) is 0 Å². The maximum Gasteiger partial charge on any atom is 0.363 e. The molecule has 2 aromatic rings. The number of hydrogen-bond donors (Lipinski definition) is 0. The van der Waals surface area contributed by atoms with Gasteiger partial charge in [0.25, 0.3) is 0 Å². The SMILES string of the molecule is CC(=O)Oc1ccc(C2=N/C(=C\c3ccc(C)cc3)C(=O)O2)cc1. The Morgan fingerprint density at radius 3 is 2.38 bits per heavy atom. The smallest absolute Gasteiger partial charge is 0.363 e. The van der Waals surface area contributed by atoms with E-state index in [9.17, 15) is 9.59 Å². The van der Waals surface area contributed by atoms with E-state index >= 15 is 0 Å². The molecule has 0 fully saturated rings. The third kappa shape index (κ3) is 3.57. The van der Waals surface area contributed by atoms with Crippen LogP contribution >= 0.6 is 0 Å². The lowest BCUT2D eigenvalue weighted by Crippen LogP contribution is -2.06. The molecule has 0 bridgehead atoms. The van der Waals surface area contributed by atoms with Gasteiger partial charge in [-0.3, -0.25) is 4.79 Å². The molecule has 1 aliphatic heterocycles. The second-order valence-corrected chi connectivity index (χ2v) is 5.36. The van der Waals surface area contributed by atoms with Gasteiger partial charge in [0, 0.05) is 12.5 Å². The molecule has 2 aromatic carbocycles. The predicted molar refractivity (Wildman–Crippen MR) is 89.5 cm³/mol. The van der Waals surface area contributed by atoms with Crippen molar-refractivity contribution in [3.05, 3.63) is 70.9 Å². The summed E-state index contributed by atoms with van der Waals surface area (Å²) in [6.45, 7) is 3.33. The predicted octanol–water partition coefficient (Wildman–Crippen LogP) is 3.26. The highest BCUT2D eigenvalue weighted by atomic mass is 16.6. The van der Waals surface area contributed by atoms with Crippen molar-refractivity contribution in [1.29, 1.82) is 0 Å². The Morgan fingerprint density at radius 2 is 1.75 bits per heavy atom. The van der Waals surface area contributed by atoms with Crippen molar-refractivity contribution in [1.82, 2.24) is 0 Å². The lowest BCUT2D eigenvalue weighted by Gasteiger charge is -2.02. The normalized spacial score (nSPS) is 15.2. The largest absolute Gasteiger partial charge is 0.427 e. The summed E-state index contributed by atoms with van der Waals surface area (Å²) >= 11 is 0. The summed E-state index contributed by atoms with van der Waals surface area (Å²) in [5.74, 6) is -0.232. The molecular formula is C19H15NO4. The van der Waals surface area contributed by atoms with Crippen LogP contribution in [-0.2, 0) is 14.3 Å². The highest BCUT2D eigenvalue weighted by molar-refractivity contribution is 6.12. The van der Waals surface area contributed by atoms with Crippen LogP contribution in [0.3, 0.4) is 0 Å². The zero-order chi connectivity index (χ0) is 17.1. The van der Waals surface area contributed by atoms with Crippen LogP contribution < -0.4 is 4.74 Å². The summed E-state index contributed by atoms with van der Waals surface area (Å²) in [4.78, 5) is 27.1. The summed E-state index contributed by atoms with van der Waals surface area (Å²) in [6.07, 6.45) is 1.68. The zero-order valence-corrected chi connectivity index (χ0v) is 13.3. The maximum atomic E-state index is 12.0. The van der Waals surface area contributed by atoms with Crippen molar-refractivity contribution in [2.75, 3.05) is 0 Å². The van der Waals surface area contributed by atoms with Gasteiger partial charge < -0.3 is 9.47 Å². The quantitative estimate of drug-likeness (QED) is 0.494. The average molecular weight is 321 g/mol. The summed E-state index contributed by atoms with van der Waals surface area (Å²) in [6, 6.07) is 14.4. The van der Waals surface area contributed by atoms with E-state index in [-0.39, 0.29) is 11.6 Å². The molecule has 0 radical (unpaired) electrons. The molecule has 1 aliphatic rings. The minimum atomic E-state index is -0.491. The standard InChI is InChI=1S/C19H15NO4/c1-12-3-5-14(6-4-12)11-17-19(22)24-18(20-17)15-7-9-16(10-8-15)23-13(2)21/h3-11H,1-2H3/b17-11-. The number of aliphatic imine (C=N–C) groups is 1. The Balaban J connectivity index is 1.83. The lowest BCUT2D eigenvalue weighted by molar-refractivity contribution is -0.132. The van der Waals surface area contributed by atoms with E-state index in [0.717, 1.165) is 11.1 Å². The molecule has 0 spiro atoms. The van der Waals surface area contributed by atoms with E-state index in [1.807, 2.05) is 31.2 Å². The fourth-order valence-electron chi connectivity index (χ4n) is 2.18. The monoisotopic (exact) mass is 321 g/mol. The van der Waals surface area contributed by atoms with E-state index in [2.05, 4.69) is 4.99 Å². The fraction of sp³-hybridized carbons (Fsp3) is 0.105. The van der Waals surface area contributed by atoms with Crippen LogP contribution in [0.2, 0.25) is 0 Å². The maximum absolute atomic E-state index is 12.0.